The lowest BCUT2D eigenvalue weighted by Gasteiger charge is -2.32. The Bertz CT molecular complexity index is 851. The summed E-state index contributed by atoms with van der Waals surface area (Å²) in [4.78, 5) is 27.6. The zero-order chi connectivity index (χ0) is 21.6. The molecule has 0 aliphatic heterocycles. The van der Waals surface area contributed by atoms with Crippen LogP contribution in [0, 0.1) is 0 Å². The molecule has 1 atom stereocenters. The molecule has 156 valence electrons. The molecule has 0 radical (unpaired) electrons. The fourth-order valence-electron chi connectivity index (χ4n) is 3.08. The van der Waals surface area contributed by atoms with E-state index >= 15 is 0 Å². The van der Waals surface area contributed by atoms with Crippen LogP contribution in [0.4, 0.5) is 0 Å². The second kappa shape index (κ2) is 10.9. The number of halogens is 3. The predicted octanol–water partition coefficient (Wildman–Crippen LogP) is 5.52. The van der Waals surface area contributed by atoms with Gasteiger partial charge >= 0.3 is 0 Å². The quantitative estimate of drug-likeness (QED) is 0.569. The summed E-state index contributed by atoms with van der Waals surface area (Å²) in [5.41, 5.74) is 1.39. The van der Waals surface area contributed by atoms with Gasteiger partial charge in [-0.1, -0.05) is 59.9 Å². The molecule has 1 N–H and O–H groups in total. The number of benzene rings is 2. The van der Waals surface area contributed by atoms with Crippen molar-refractivity contribution in [2.45, 2.75) is 52.2 Å². The Hall–Kier alpha value is -1.75. The molecule has 7 heteroatoms. The Labute approximate surface area is 187 Å². The highest BCUT2D eigenvalue weighted by Crippen LogP contribution is 2.27. The molecule has 0 fully saturated rings. The lowest BCUT2D eigenvalue weighted by molar-refractivity contribution is -0.141. The highest BCUT2D eigenvalue weighted by Gasteiger charge is 2.30. The number of rotatable bonds is 8. The maximum atomic E-state index is 13.3. The van der Waals surface area contributed by atoms with Gasteiger partial charge in [0.1, 0.15) is 6.04 Å². The van der Waals surface area contributed by atoms with Gasteiger partial charge in [0.05, 0.1) is 6.42 Å². The van der Waals surface area contributed by atoms with Crippen LogP contribution in [0.3, 0.4) is 0 Å². The van der Waals surface area contributed by atoms with Crippen molar-refractivity contribution in [2.24, 2.45) is 0 Å². The lowest BCUT2D eigenvalue weighted by atomic mass is 10.1. The Morgan fingerprint density at radius 2 is 1.66 bits per heavy atom. The number of carbonyl (C=O) groups excluding carboxylic acids is 2. The maximum absolute atomic E-state index is 13.3. The molecule has 0 aliphatic rings. The third kappa shape index (κ3) is 6.63. The summed E-state index contributed by atoms with van der Waals surface area (Å²) < 4.78 is 0. The fraction of sp³-hybridized carbons (Fsp3) is 0.364. The number of hydrogen-bond donors (Lipinski definition) is 1. The molecule has 4 nitrogen and oxygen atoms in total. The first-order chi connectivity index (χ1) is 13.7. The Morgan fingerprint density at radius 3 is 2.21 bits per heavy atom. The molecule has 0 heterocycles. The molecule has 2 aromatic rings. The van der Waals surface area contributed by atoms with E-state index < -0.39 is 6.04 Å². The SMILES string of the molecule is CC[C@@H](C(=O)NC(C)C)N(Cc1c(Cl)cccc1Cl)C(=O)Cc1cccc(Cl)c1. The number of nitrogens with one attached hydrogen (secondary N) is 1. The summed E-state index contributed by atoms with van der Waals surface area (Å²) >= 11 is 18.7. The van der Waals surface area contributed by atoms with Gasteiger partial charge in [-0.3, -0.25) is 9.59 Å². The van der Waals surface area contributed by atoms with Gasteiger partial charge in [0, 0.05) is 33.2 Å². The van der Waals surface area contributed by atoms with E-state index in [1.165, 1.54) is 0 Å². The minimum atomic E-state index is -0.642. The first-order valence-corrected chi connectivity index (χ1v) is 10.6. The van der Waals surface area contributed by atoms with E-state index in [4.69, 9.17) is 34.8 Å². The zero-order valence-electron chi connectivity index (χ0n) is 16.7. The van der Waals surface area contributed by atoms with Crippen molar-refractivity contribution in [2.75, 3.05) is 0 Å². The predicted molar refractivity (Wildman–Crippen MR) is 120 cm³/mol. The van der Waals surface area contributed by atoms with E-state index in [0.717, 1.165) is 5.56 Å². The number of nitrogens with zero attached hydrogens (tertiary/aromatic N) is 1. The average Bonchev–Trinajstić information content (AvgIpc) is 2.63. The normalized spacial score (nSPS) is 12.0. The van der Waals surface area contributed by atoms with Crippen molar-refractivity contribution in [1.29, 1.82) is 0 Å². The molecule has 0 aliphatic carbocycles. The van der Waals surface area contributed by atoms with E-state index in [1.54, 1.807) is 41.3 Å². The van der Waals surface area contributed by atoms with E-state index in [1.807, 2.05) is 26.8 Å². The summed E-state index contributed by atoms with van der Waals surface area (Å²) in [6.45, 7) is 5.78. The van der Waals surface area contributed by atoms with Crippen LogP contribution in [0.2, 0.25) is 15.1 Å². The molecule has 0 bridgehead atoms. The number of hydrogen-bond acceptors (Lipinski definition) is 2. The smallest absolute Gasteiger partial charge is 0.243 e. The second-order valence-electron chi connectivity index (χ2n) is 7.12. The van der Waals surface area contributed by atoms with Crippen molar-refractivity contribution in [3.05, 3.63) is 68.7 Å². The topological polar surface area (TPSA) is 49.4 Å². The summed E-state index contributed by atoms with van der Waals surface area (Å²) in [6.07, 6.45) is 0.579. The summed E-state index contributed by atoms with van der Waals surface area (Å²) in [5.74, 6) is -0.404. The van der Waals surface area contributed by atoms with Crippen molar-refractivity contribution in [3.8, 4) is 0 Å². The molecule has 0 spiro atoms. The molecule has 2 amide bonds. The molecule has 29 heavy (non-hydrogen) atoms. The molecule has 0 saturated heterocycles. The van der Waals surface area contributed by atoms with Crippen LogP contribution in [0.15, 0.2) is 42.5 Å². The van der Waals surface area contributed by atoms with Gasteiger partial charge in [-0.2, -0.15) is 0 Å². The van der Waals surface area contributed by atoms with Crippen LogP contribution in [0.5, 0.6) is 0 Å². The van der Waals surface area contributed by atoms with Gasteiger partial charge < -0.3 is 10.2 Å². The second-order valence-corrected chi connectivity index (χ2v) is 8.37. The van der Waals surface area contributed by atoms with Gasteiger partial charge in [0.2, 0.25) is 11.8 Å². The monoisotopic (exact) mass is 454 g/mol. The van der Waals surface area contributed by atoms with Crippen LogP contribution in [-0.2, 0) is 22.6 Å². The summed E-state index contributed by atoms with van der Waals surface area (Å²) in [5, 5.41) is 4.36. The highest BCUT2D eigenvalue weighted by atomic mass is 35.5. The molecule has 2 rings (SSSR count). The molecule has 0 unspecified atom stereocenters. The van der Waals surface area contributed by atoms with E-state index in [2.05, 4.69) is 5.32 Å². The first-order valence-electron chi connectivity index (χ1n) is 9.50. The zero-order valence-corrected chi connectivity index (χ0v) is 19.0. The maximum Gasteiger partial charge on any atom is 0.243 e. The highest BCUT2D eigenvalue weighted by molar-refractivity contribution is 6.36. The molecule has 2 aromatic carbocycles. The van der Waals surface area contributed by atoms with Crippen molar-refractivity contribution in [3.63, 3.8) is 0 Å². The van der Waals surface area contributed by atoms with Crippen molar-refractivity contribution in [1.82, 2.24) is 10.2 Å². The standard InChI is InChI=1S/C22H25Cl3N2O2/c1-4-20(22(29)26-14(2)3)27(13-17-18(24)9-6-10-19(17)25)21(28)12-15-7-5-8-16(23)11-15/h5-11,14,20H,4,12-13H2,1-3H3,(H,26,29)/t20-/m0/s1. The fourth-order valence-corrected chi connectivity index (χ4v) is 3.81. The lowest BCUT2D eigenvalue weighted by Crippen LogP contribution is -2.50. The Morgan fingerprint density at radius 1 is 1.03 bits per heavy atom. The van der Waals surface area contributed by atoms with E-state index in [9.17, 15) is 9.59 Å². The molecular formula is C22H25Cl3N2O2. The Kier molecular flexibility index (Phi) is 8.81. The van der Waals surface area contributed by atoms with Crippen molar-refractivity contribution >= 4 is 46.6 Å². The van der Waals surface area contributed by atoms with Gasteiger partial charge in [0.15, 0.2) is 0 Å². The average molecular weight is 456 g/mol. The molecular weight excluding hydrogens is 431 g/mol. The minimum Gasteiger partial charge on any atom is -0.352 e. The van der Waals surface area contributed by atoms with Crippen LogP contribution in [0.1, 0.15) is 38.3 Å². The van der Waals surface area contributed by atoms with Crippen LogP contribution in [0.25, 0.3) is 0 Å². The number of carbonyl (C=O) groups is 2. The van der Waals surface area contributed by atoms with Crippen molar-refractivity contribution < 1.29 is 9.59 Å². The summed E-state index contributed by atoms with van der Waals surface area (Å²) in [7, 11) is 0. The van der Waals surface area contributed by atoms with Gasteiger partial charge in [-0.25, -0.2) is 0 Å². The van der Waals surface area contributed by atoms with Crippen LogP contribution in [-0.4, -0.2) is 28.8 Å². The van der Waals surface area contributed by atoms with Gasteiger partial charge in [-0.05, 0) is 50.1 Å². The largest absolute Gasteiger partial charge is 0.352 e. The summed E-state index contributed by atoms with van der Waals surface area (Å²) in [6, 6.07) is 11.6. The third-order valence-corrected chi connectivity index (χ3v) is 5.39. The number of amides is 2. The molecule has 0 aromatic heterocycles. The van der Waals surface area contributed by atoms with Crippen LogP contribution >= 0.6 is 34.8 Å². The minimum absolute atomic E-state index is 0.0367. The van der Waals surface area contributed by atoms with E-state index in [0.29, 0.717) is 27.1 Å². The van der Waals surface area contributed by atoms with Gasteiger partial charge in [0.25, 0.3) is 0 Å². The molecule has 0 saturated carbocycles. The Balaban J connectivity index is 2.37. The first kappa shape index (κ1) is 23.5. The van der Waals surface area contributed by atoms with E-state index in [-0.39, 0.29) is 30.8 Å². The van der Waals surface area contributed by atoms with Crippen LogP contribution < -0.4 is 5.32 Å². The third-order valence-electron chi connectivity index (χ3n) is 4.45. The van der Waals surface area contributed by atoms with Gasteiger partial charge in [-0.15, -0.1) is 0 Å².